The number of halogens is 1. The number of nitrogens with zero attached hydrogens (tertiary/aromatic N) is 2. The van der Waals surface area contributed by atoms with E-state index in [2.05, 4.69) is 10.3 Å². The van der Waals surface area contributed by atoms with Crippen LogP contribution < -0.4 is 5.32 Å². The molecule has 2 aromatic rings. The molecule has 0 aliphatic heterocycles. The van der Waals surface area contributed by atoms with Gasteiger partial charge in [-0.05, 0) is 6.07 Å². The lowest BCUT2D eigenvalue weighted by molar-refractivity contribution is 0.627. The maximum atomic E-state index is 13.2. The largest absolute Gasteiger partial charge is 0.385 e. The van der Waals surface area contributed by atoms with Crippen molar-refractivity contribution in [3.05, 3.63) is 24.3 Å². The van der Waals surface area contributed by atoms with E-state index in [4.69, 9.17) is 0 Å². The SMILES string of the molecule is CNc1c(F)cnc2c1ccn2C. The molecule has 13 heavy (non-hydrogen) atoms. The molecule has 0 fully saturated rings. The molecule has 0 spiro atoms. The van der Waals surface area contributed by atoms with E-state index in [1.807, 2.05) is 23.9 Å². The molecule has 0 aliphatic carbocycles. The summed E-state index contributed by atoms with van der Waals surface area (Å²) in [6.45, 7) is 0. The van der Waals surface area contributed by atoms with Crippen molar-refractivity contribution >= 4 is 16.7 Å². The maximum absolute atomic E-state index is 13.2. The molecule has 0 amide bonds. The van der Waals surface area contributed by atoms with Crippen molar-refractivity contribution in [3.63, 3.8) is 0 Å². The molecule has 0 aromatic carbocycles. The van der Waals surface area contributed by atoms with Crippen LogP contribution in [0.4, 0.5) is 10.1 Å². The zero-order valence-corrected chi connectivity index (χ0v) is 7.50. The molecule has 68 valence electrons. The minimum Gasteiger partial charge on any atom is -0.385 e. The van der Waals surface area contributed by atoms with Crippen LogP contribution in [0.5, 0.6) is 0 Å². The number of hydrogen-bond donors (Lipinski definition) is 1. The summed E-state index contributed by atoms with van der Waals surface area (Å²) in [5.74, 6) is -0.318. The van der Waals surface area contributed by atoms with Gasteiger partial charge in [-0.15, -0.1) is 0 Å². The van der Waals surface area contributed by atoms with E-state index in [1.165, 1.54) is 6.20 Å². The van der Waals surface area contributed by atoms with Crippen molar-refractivity contribution in [1.29, 1.82) is 0 Å². The quantitative estimate of drug-likeness (QED) is 0.722. The topological polar surface area (TPSA) is 29.9 Å². The Balaban J connectivity index is 2.85. The van der Waals surface area contributed by atoms with Gasteiger partial charge in [0.15, 0.2) is 5.82 Å². The lowest BCUT2D eigenvalue weighted by Crippen LogP contribution is -1.96. The van der Waals surface area contributed by atoms with Crippen LogP contribution in [0.2, 0.25) is 0 Å². The fraction of sp³-hybridized carbons (Fsp3) is 0.222. The molecule has 2 aromatic heterocycles. The van der Waals surface area contributed by atoms with Crippen molar-refractivity contribution in [2.24, 2.45) is 7.05 Å². The summed E-state index contributed by atoms with van der Waals surface area (Å²) in [5.41, 5.74) is 1.29. The number of aryl methyl sites for hydroxylation is 1. The fourth-order valence-electron chi connectivity index (χ4n) is 1.44. The molecule has 4 heteroatoms. The van der Waals surface area contributed by atoms with Crippen LogP contribution in [0, 0.1) is 5.82 Å². The van der Waals surface area contributed by atoms with Crippen LogP contribution in [0.15, 0.2) is 18.5 Å². The Labute approximate surface area is 75.2 Å². The highest BCUT2D eigenvalue weighted by molar-refractivity contribution is 5.89. The standard InChI is InChI=1S/C9H10FN3/c1-11-8-6-3-4-13(2)9(6)12-5-7(8)10/h3-5H,1-2H3,(H,11,12). The van der Waals surface area contributed by atoms with Gasteiger partial charge in [0.2, 0.25) is 0 Å². The Hall–Kier alpha value is -1.58. The first-order chi connectivity index (χ1) is 6.24. The average Bonchev–Trinajstić information content (AvgIpc) is 2.48. The number of fused-ring (bicyclic) bond motifs is 1. The summed E-state index contributed by atoms with van der Waals surface area (Å²) in [5, 5.41) is 3.63. The third-order valence-electron chi connectivity index (χ3n) is 2.10. The maximum Gasteiger partial charge on any atom is 0.165 e. The number of hydrogen-bond acceptors (Lipinski definition) is 2. The molecule has 0 saturated heterocycles. The molecule has 0 atom stereocenters. The average molecular weight is 179 g/mol. The van der Waals surface area contributed by atoms with E-state index in [0.29, 0.717) is 5.69 Å². The first-order valence-corrected chi connectivity index (χ1v) is 4.01. The molecule has 0 saturated carbocycles. The predicted molar refractivity (Wildman–Crippen MR) is 50.2 cm³/mol. The van der Waals surface area contributed by atoms with Crippen molar-refractivity contribution in [2.45, 2.75) is 0 Å². The van der Waals surface area contributed by atoms with Gasteiger partial charge in [0.05, 0.1) is 11.9 Å². The highest BCUT2D eigenvalue weighted by Gasteiger charge is 2.08. The van der Waals surface area contributed by atoms with Gasteiger partial charge in [-0.2, -0.15) is 0 Å². The molecular formula is C9H10FN3. The van der Waals surface area contributed by atoms with E-state index >= 15 is 0 Å². The minimum atomic E-state index is -0.318. The molecule has 0 unspecified atom stereocenters. The van der Waals surface area contributed by atoms with E-state index in [0.717, 1.165) is 11.0 Å². The van der Waals surface area contributed by atoms with Crippen molar-refractivity contribution < 1.29 is 4.39 Å². The van der Waals surface area contributed by atoms with E-state index in [9.17, 15) is 4.39 Å². The summed E-state index contributed by atoms with van der Waals surface area (Å²) in [7, 11) is 3.58. The molecule has 0 radical (unpaired) electrons. The third-order valence-corrected chi connectivity index (χ3v) is 2.10. The van der Waals surface area contributed by atoms with Crippen molar-refractivity contribution in [1.82, 2.24) is 9.55 Å². The van der Waals surface area contributed by atoms with Gasteiger partial charge in [-0.25, -0.2) is 9.37 Å². The smallest absolute Gasteiger partial charge is 0.165 e. The molecule has 0 aliphatic rings. The Kier molecular flexibility index (Phi) is 1.69. The molecule has 1 N–H and O–H groups in total. The van der Waals surface area contributed by atoms with Crippen LogP contribution in [-0.4, -0.2) is 16.6 Å². The summed E-state index contributed by atoms with van der Waals surface area (Å²) in [6, 6.07) is 1.84. The van der Waals surface area contributed by atoms with Gasteiger partial charge < -0.3 is 9.88 Å². The lowest BCUT2D eigenvalue weighted by atomic mass is 10.3. The predicted octanol–water partition coefficient (Wildman–Crippen LogP) is 1.75. The zero-order valence-electron chi connectivity index (χ0n) is 7.50. The molecule has 2 heterocycles. The third kappa shape index (κ3) is 1.06. The Morgan fingerprint density at radius 3 is 3.00 bits per heavy atom. The van der Waals surface area contributed by atoms with E-state index in [1.54, 1.807) is 7.05 Å². The summed E-state index contributed by atoms with van der Waals surface area (Å²) in [4.78, 5) is 4.00. The molecule has 2 rings (SSSR count). The zero-order chi connectivity index (χ0) is 9.42. The normalized spacial score (nSPS) is 10.7. The van der Waals surface area contributed by atoms with Crippen LogP contribution in [0.1, 0.15) is 0 Å². The van der Waals surface area contributed by atoms with Crippen LogP contribution in [0.3, 0.4) is 0 Å². The minimum absolute atomic E-state index is 0.318. The fourth-order valence-corrected chi connectivity index (χ4v) is 1.44. The summed E-state index contributed by atoms with van der Waals surface area (Å²) < 4.78 is 15.1. The second-order valence-corrected chi connectivity index (χ2v) is 2.90. The Morgan fingerprint density at radius 1 is 1.54 bits per heavy atom. The van der Waals surface area contributed by atoms with Gasteiger partial charge in [0.1, 0.15) is 5.65 Å². The first-order valence-electron chi connectivity index (χ1n) is 4.01. The number of aromatic nitrogens is 2. The summed E-state index contributed by atoms with van der Waals surface area (Å²) >= 11 is 0. The van der Waals surface area contributed by atoms with Gasteiger partial charge >= 0.3 is 0 Å². The highest BCUT2D eigenvalue weighted by atomic mass is 19.1. The first kappa shape index (κ1) is 8.04. The molecule has 3 nitrogen and oxygen atoms in total. The van der Waals surface area contributed by atoms with Crippen molar-refractivity contribution in [2.75, 3.05) is 12.4 Å². The van der Waals surface area contributed by atoms with Crippen LogP contribution in [-0.2, 0) is 7.05 Å². The second kappa shape index (κ2) is 2.73. The van der Waals surface area contributed by atoms with E-state index in [-0.39, 0.29) is 5.82 Å². The lowest BCUT2D eigenvalue weighted by Gasteiger charge is -2.03. The van der Waals surface area contributed by atoms with E-state index < -0.39 is 0 Å². The highest BCUT2D eigenvalue weighted by Crippen LogP contribution is 2.24. The van der Waals surface area contributed by atoms with Gasteiger partial charge in [0, 0.05) is 25.7 Å². The number of pyridine rings is 1. The van der Waals surface area contributed by atoms with Crippen LogP contribution >= 0.6 is 0 Å². The molecule has 0 bridgehead atoms. The second-order valence-electron chi connectivity index (χ2n) is 2.90. The summed E-state index contributed by atoms with van der Waals surface area (Å²) in [6.07, 6.45) is 3.09. The monoisotopic (exact) mass is 179 g/mol. The van der Waals surface area contributed by atoms with Crippen LogP contribution in [0.25, 0.3) is 11.0 Å². The number of rotatable bonds is 1. The molecular weight excluding hydrogens is 169 g/mol. The van der Waals surface area contributed by atoms with Gasteiger partial charge in [0.25, 0.3) is 0 Å². The van der Waals surface area contributed by atoms with Gasteiger partial charge in [-0.1, -0.05) is 0 Å². The number of anilines is 1. The Bertz CT molecular complexity index is 447. The number of nitrogens with one attached hydrogen (secondary N) is 1. The van der Waals surface area contributed by atoms with Crippen molar-refractivity contribution in [3.8, 4) is 0 Å². The Morgan fingerprint density at radius 2 is 2.31 bits per heavy atom. The van der Waals surface area contributed by atoms with Gasteiger partial charge in [-0.3, -0.25) is 0 Å².